The second-order valence-corrected chi connectivity index (χ2v) is 4.81. The van der Waals surface area contributed by atoms with Gasteiger partial charge in [0.25, 0.3) is 5.56 Å². The molecule has 2 aromatic heterocycles. The number of nitrogens with one attached hydrogen (secondary N) is 1. The van der Waals surface area contributed by atoms with Gasteiger partial charge in [-0.2, -0.15) is 0 Å². The largest absolute Gasteiger partial charge is 0.379 e. The SMILES string of the molecule is Cc1cccc2nc(CNc3cccc(F)c3)cc(=O)n12. The summed E-state index contributed by atoms with van der Waals surface area (Å²) in [6.07, 6.45) is 0. The Kier molecular flexibility index (Phi) is 3.39. The van der Waals surface area contributed by atoms with Crippen molar-refractivity contribution in [2.75, 3.05) is 5.32 Å². The Bertz CT molecular complexity index is 858. The fourth-order valence-corrected chi connectivity index (χ4v) is 2.25. The van der Waals surface area contributed by atoms with Crippen molar-refractivity contribution in [3.63, 3.8) is 0 Å². The van der Waals surface area contributed by atoms with Gasteiger partial charge in [-0.15, -0.1) is 0 Å². The molecule has 106 valence electrons. The lowest BCUT2D eigenvalue weighted by atomic mass is 10.3. The summed E-state index contributed by atoms with van der Waals surface area (Å²) in [6, 6.07) is 13.2. The molecule has 5 heteroatoms. The zero-order valence-corrected chi connectivity index (χ0v) is 11.5. The molecule has 0 atom stereocenters. The second kappa shape index (κ2) is 5.36. The van der Waals surface area contributed by atoms with E-state index >= 15 is 0 Å². The zero-order valence-electron chi connectivity index (χ0n) is 11.5. The van der Waals surface area contributed by atoms with Crippen LogP contribution in [-0.2, 0) is 6.54 Å². The molecule has 0 aliphatic rings. The molecule has 0 spiro atoms. The summed E-state index contributed by atoms with van der Waals surface area (Å²) in [7, 11) is 0. The normalized spacial score (nSPS) is 10.8. The highest BCUT2D eigenvalue weighted by Crippen LogP contribution is 2.10. The fourth-order valence-electron chi connectivity index (χ4n) is 2.25. The van der Waals surface area contributed by atoms with E-state index in [1.165, 1.54) is 18.2 Å². The van der Waals surface area contributed by atoms with Gasteiger partial charge in [-0.05, 0) is 37.3 Å². The van der Waals surface area contributed by atoms with Crippen molar-refractivity contribution < 1.29 is 4.39 Å². The second-order valence-electron chi connectivity index (χ2n) is 4.81. The van der Waals surface area contributed by atoms with Gasteiger partial charge in [-0.3, -0.25) is 9.20 Å². The van der Waals surface area contributed by atoms with E-state index in [9.17, 15) is 9.18 Å². The predicted octanol–water partition coefficient (Wildman–Crippen LogP) is 2.75. The van der Waals surface area contributed by atoms with E-state index in [0.29, 0.717) is 23.6 Å². The van der Waals surface area contributed by atoms with E-state index in [-0.39, 0.29) is 11.4 Å². The molecule has 0 bridgehead atoms. The number of aryl methyl sites for hydroxylation is 1. The molecule has 3 rings (SSSR count). The first-order chi connectivity index (χ1) is 10.1. The number of nitrogens with zero attached hydrogens (tertiary/aromatic N) is 2. The van der Waals surface area contributed by atoms with Crippen LogP contribution in [0.1, 0.15) is 11.4 Å². The van der Waals surface area contributed by atoms with Crippen molar-refractivity contribution in [2.45, 2.75) is 13.5 Å². The number of hydrogen-bond acceptors (Lipinski definition) is 3. The van der Waals surface area contributed by atoms with Crippen LogP contribution in [0.3, 0.4) is 0 Å². The van der Waals surface area contributed by atoms with Crippen LogP contribution in [0.15, 0.2) is 53.3 Å². The van der Waals surface area contributed by atoms with Crippen LogP contribution in [0.5, 0.6) is 0 Å². The molecule has 21 heavy (non-hydrogen) atoms. The maximum Gasteiger partial charge on any atom is 0.258 e. The minimum atomic E-state index is -0.304. The molecule has 4 nitrogen and oxygen atoms in total. The third kappa shape index (κ3) is 2.76. The third-order valence-corrected chi connectivity index (χ3v) is 3.23. The zero-order chi connectivity index (χ0) is 14.8. The first-order valence-electron chi connectivity index (χ1n) is 6.61. The van der Waals surface area contributed by atoms with Crippen molar-refractivity contribution in [3.8, 4) is 0 Å². The van der Waals surface area contributed by atoms with Gasteiger partial charge in [0, 0.05) is 17.4 Å². The maximum atomic E-state index is 13.1. The monoisotopic (exact) mass is 283 g/mol. The minimum Gasteiger partial charge on any atom is -0.379 e. The van der Waals surface area contributed by atoms with Gasteiger partial charge in [0.1, 0.15) is 11.5 Å². The highest BCUT2D eigenvalue weighted by molar-refractivity contribution is 5.44. The lowest BCUT2D eigenvalue weighted by Gasteiger charge is -2.08. The number of rotatable bonds is 3. The highest BCUT2D eigenvalue weighted by atomic mass is 19.1. The van der Waals surface area contributed by atoms with E-state index in [4.69, 9.17) is 0 Å². The number of anilines is 1. The Labute approximate surface area is 120 Å². The molecule has 0 aliphatic carbocycles. The Morgan fingerprint density at radius 3 is 2.81 bits per heavy atom. The Morgan fingerprint density at radius 1 is 1.19 bits per heavy atom. The Hall–Kier alpha value is -2.69. The molecule has 0 fully saturated rings. The van der Waals surface area contributed by atoms with E-state index in [1.807, 2.05) is 19.1 Å². The Morgan fingerprint density at radius 2 is 2.00 bits per heavy atom. The molecule has 2 heterocycles. The van der Waals surface area contributed by atoms with Crippen molar-refractivity contribution in [3.05, 3.63) is 76.1 Å². The average molecular weight is 283 g/mol. The summed E-state index contributed by atoms with van der Waals surface area (Å²) in [5.74, 6) is -0.304. The number of halogens is 1. The quantitative estimate of drug-likeness (QED) is 0.804. The number of pyridine rings is 1. The standard InChI is InChI=1S/C16H14FN3O/c1-11-4-2-7-15-19-14(9-16(21)20(11)15)10-18-13-6-3-5-12(17)8-13/h2-9,18H,10H2,1H3. The summed E-state index contributed by atoms with van der Waals surface area (Å²) in [5, 5.41) is 3.06. The molecular formula is C16H14FN3O. The third-order valence-electron chi connectivity index (χ3n) is 3.23. The lowest BCUT2D eigenvalue weighted by Crippen LogP contribution is -2.18. The minimum absolute atomic E-state index is 0.117. The average Bonchev–Trinajstić information content (AvgIpc) is 2.45. The topological polar surface area (TPSA) is 46.4 Å². The van der Waals surface area contributed by atoms with Crippen molar-refractivity contribution >= 4 is 11.3 Å². The number of aromatic nitrogens is 2. The van der Waals surface area contributed by atoms with Crippen LogP contribution >= 0.6 is 0 Å². The van der Waals surface area contributed by atoms with E-state index < -0.39 is 0 Å². The predicted molar refractivity (Wildman–Crippen MR) is 79.9 cm³/mol. The van der Waals surface area contributed by atoms with Gasteiger partial charge in [-0.25, -0.2) is 9.37 Å². The van der Waals surface area contributed by atoms with Crippen LogP contribution in [0.25, 0.3) is 5.65 Å². The lowest BCUT2D eigenvalue weighted by molar-refractivity contribution is 0.628. The van der Waals surface area contributed by atoms with Crippen LogP contribution in [0.2, 0.25) is 0 Å². The van der Waals surface area contributed by atoms with E-state index in [2.05, 4.69) is 10.3 Å². The summed E-state index contributed by atoms with van der Waals surface area (Å²) < 4.78 is 14.7. The molecule has 0 radical (unpaired) electrons. The van der Waals surface area contributed by atoms with E-state index in [1.54, 1.807) is 22.6 Å². The van der Waals surface area contributed by atoms with Crippen LogP contribution in [-0.4, -0.2) is 9.38 Å². The summed E-state index contributed by atoms with van der Waals surface area (Å²) in [4.78, 5) is 16.6. The molecule has 0 saturated heterocycles. The first-order valence-corrected chi connectivity index (χ1v) is 6.61. The molecule has 0 unspecified atom stereocenters. The number of benzene rings is 1. The van der Waals surface area contributed by atoms with Gasteiger partial charge < -0.3 is 5.32 Å². The van der Waals surface area contributed by atoms with Crippen molar-refractivity contribution in [1.29, 1.82) is 0 Å². The molecule has 0 aliphatic heterocycles. The first kappa shape index (κ1) is 13.3. The maximum absolute atomic E-state index is 13.1. The van der Waals surface area contributed by atoms with E-state index in [0.717, 1.165) is 5.69 Å². The smallest absolute Gasteiger partial charge is 0.258 e. The molecular weight excluding hydrogens is 269 g/mol. The van der Waals surface area contributed by atoms with Crippen LogP contribution < -0.4 is 10.9 Å². The van der Waals surface area contributed by atoms with Crippen molar-refractivity contribution in [1.82, 2.24) is 9.38 Å². The summed E-state index contributed by atoms with van der Waals surface area (Å²) in [5.41, 5.74) is 2.61. The van der Waals surface area contributed by atoms with Gasteiger partial charge >= 0.3 is 0 Å². The highest BCUT2D eigenvalue weighted by Gasteiger charge is 2.04. The molecule has 0 saturated carbocycles. The molecule has 0 amide bonds. The molecule has 1 aromatic carbocycles. The molecule has 3 aromatic rings. The Balaban J connectivity index is 1.90. The van der Waals surface area contributed by atoms with Gasteiger partial charge in [0.2, 0.25) is 0 Å². The number of fused-ring (bicyclic) bond motifs is 1. The van der Waals surface area contributed by atoms with Crippen LogP contribution in [0.4, 0.5) is 10.1 Å². The van der Waals surface area contributed by atoms with Gasteiger partial charge in [0.05, 0.1) is 12.2 Å². The van der Waals surface area contributed by atoms with Crippen molar-refractivity contribution in [2.24, 2.45) is 0 Å². The van der Waals surface area contributed by atoms with Crippen LogP contribution in [0, 0.1) is 12.7 Å². The fraction of sp³-hybridized carbons (Fsp3) is 0.125. The van der Waals surface area contributed by atoms with Gasteiger partial charge in [-0.1, -0.05) is 12.1 Å². The summed E-state index contributed by atoms with van der Waals surface area (Å²) in [6.45, 7) is 2.23. The van der Waals surface area contributed by atoms with Gasteiger partial charge in [0.15, 0.2) is 0 Å². The molecule has 1 N–H and O–H groups in total. The number of hydrogen-bond donors (Lipinski definition) is 1. The summed E-state index contributed by atoms with van der Waals surface area (Å²) >= 11 is 0.